The molecular formula is C14H12ClN3O2S. The molecule has 0 amide bonds. The van der Waals surface area contributed by atoms with Gasteiger partial charge in [0.1, 0.15) is 5.84 Å². The first kappa shape index (κ1) is 15.3. The number of nitro groups is 1. The second-order valence-corrected chi connectivity index (χ2v) is 5.50. The van der Waals surface area contributed by atoms with Crippen LogP contribution in [-0.4, -0.2) is 16.6 Å². The van der Waals surface area contributed by atoms with Gasteiger partial charge in [-0.3, -0.25) is 10.1 Å². The molecule has 0 saturated carbocycles. The highest BCUT2D eigenvalue weighted by atomic mass is 35.5. The predicted octanol–water partition coefficient (Wildman–Crippen LogP) is 3.97. The highest BCUT2D eigenvalue weighted by Crippen LogP contribution is 2.30. The standard InChI is InChI=1S/C14H12ClN3O2S/c15-9-14(16)17-10-1-5-12(6-2-10)21-13-7-3-11(4-8-13)18(19)20/h1-8H,9H2,(H2,16,17). The topological polar surface area (TPSA) is 81.5 Å². The lowest BCUT2D eigenvalue weighted by atomic mass is 10.3. The number of nitrogens with zero attached hydrogens (tertiary/aromatic N) is 2. The Kier molecular flexibility index (Phi) is 5.19. The number of aliphatic imine (C=N–C) groups is 1. The molecule has 0 unspecified atom stereocenters. The number of nitrogens with two attached hydrogens (primary N) is 1. The Hall–Kier alpha value is -2.05. The van der Waals surface area contributed by atoms with E-state index in [1.54, 1.807) is 12.1 Å². The minimum absolute atomic E-state index is 0.0839. The van der Waals surface area contributed by atoms with Crippen molar-refractivity contribution in [1.29, 1.82) is 0 Å². The molecule has 0 fully saturated rings. The molecule has 0 aromatic heterocycles. The van der Waals surface area contributed by atoms with Gasteiger partial charge in [0.2, 0.25) is 0 Å². The van der Waals surface area contributed by atoms with Crippen LogP contribution < -0.4 is 5.73 Å². The molecule has 5 nitrogen and oxygen atoms in total. The Labute approximate surface area is 131 Å². The number of non-ortho nitro benzene ring substituents is 1. The van der Waals surface area contributed by atoms with Crippen molar-refractivity contribution < 1.29 is 4.92 Å². The quantitative estimate of drug-likeness (QED) is 0.297. The fourth-order valence-electron chi connectivity index (χ4n) is 1.56. The van der Waals surface area contributed by atoms with E-state index in [0.29, 0.717) is 5.84 Å². The van der Waals surface area contributed by atoms with Crippen molar-refractivity contribution >= 4 is 40.6 Å². The average Bonchev–Trinajstić information content (AvgIpc) is 2.49. The zero-order chi connectivity index (χ0) is 15.2. The molecule has 0 atom stereocenters. The number of rotatable bonds is 5. The molecular weight excluding hydrogens is 310 g/mol. The van der Waals surface area contributed by atoms with Crippen LogP contribution in [-0.2, 0) is 0 Å². The second kappa shape index (κ2) is 7.10. The molecule has 108 valence electrons. The van der Waals surface area contributed by atoms with Crippen molar-refractivity contribution in [2.75, 3.05) is 5.88 Å². The molecule has 0 radical (unpaired) electrons. The Balaban J connectivity index is 2.08. The maximum absolute atomic E-state index is 10.6. The van der Waals surface area contributed by atoms with Crippen molar-refractivity contribution in [1.82, 2.24) is 0 Å². The van der Waals surface area contributed by atoms with Gasteiger partial charge in [-0.05, 0) is 36.4 Å². The number of halogens is 1. The largest absolute Gasteiger partial charge is 0.386 e. The summed E-state index contributed by atoms with van der Waals surface area (Å²) in [6, 6.07) is 13.9. The zero-order valence-electron chi connectivity index (χ0n) is 10.9. The van der Waals surface area contributed by atoms with E-state index < -0.39 is 4.92 Å². The van der Waals surface area contributed by atoms with Gasteiger partial charge in [-0.25, -0.2) is 4.99 Å². The smallest absolute Gasteiger partial charge is 0.269 e. The minimum Gasteiger partial charge on any atom is -0.386 e. The van der Waals surface area contributed by atoms with E-state index in [9.17, 15) is 10.1 Å². The van der Waals surface area contributed by atoms with Crippen LogP contribution in [0.3, 0.4) is 0 Å². The summed E-state index contributed by atoms with van der Waals surface area (Å²) in [4.78, 5) is 16.2. The highest BCUT2D eigenvalue weighted by molar-refractivity contribution is 7.99. The van der Waals surface area contributed by atoms with Gasteiger partial charge in [-0.15, -0.1) is 11.6 Å². The van der Waals surface area contributed by atoms with Crippen molar-refractivity contribution in [3.8, 4) is 0 Å². The van der Waals surface area contributed by atoms with E-state index in [2.05, 4.69) is 4.99 Å². The van der Waals surface area contributed by atoms with Gasteiger partial charge in [0.25, 0.3) is 5.69 Å². The Bertz CT molecular complexity index is 657. The molecule has 0 bridgehead atoms. The summed E-state index contributed by atoms with van der Waals surface area (Å²) in [5, 5.41) is 10.6. The average molecular weight is 322 g/mol. The van der Waals surface area contributed by atoms with Crippen LogP contribution in [0.1, 0.15) is 0 Å². The molecule has 0 aliphatic heterocycles. The maximum atomic E-state index is 10.6. The van der Waals surface area contributed by atoms with E-state index >= 15 is 0 Å². The van der Waals surface area contributed by atoms with Crippen molar-refractivity contribution in [3.05, 3.63) is 58.6 Å². The first-order chi connectivity index (χ1) is 10.1. The van der Waals surface area contributed by atoms with E-state index in [0.717, 1.165) is 15.5 Å². The molecule has 0 aliphatic carbocycles. The number of alkyl halides is 1. The van der Waals surface area contributed by atoms with Gasteiger partial charge in [0, 0.05) is 21.9 Å². The van der Waals surface area contributed by atoms with Gasteiger partial charge >= 0.3 is 0 Å². The van der Waals surface area contributed by atoms with Crippen molar-refractivity contribution in [2.24, 2.45) is 10.7 Å². The van der Waals surface area contributed by atoms with Crippen LogP contribution in [0, 0.1) is 10.1 Å². The maximum Gasteiger partial charge on any atom is 0.269 e. The van der Waals surface area contributed by atoms with E-state index in [1.165, 1.54) is 23.9 Å². The van der Waals surface area contributed by atoms with Gasteiger partial charge in [-0.1, -0.05) is 11.8 Å². The number of hydrogen-bond acceptors (Lipinski definition) is 4. The zero-order valence-corrected chi connectivity index (χ0v) is 12.5. The molecule has 0 saturated heterocycles. The summed E-state index contributed by atoms with van der Waals surface area (Å²) in [7, 11) is 0. The third kappa shape index (κ3) is 4.47. The van der Waals surface area contributed by atoms with Crippen molar-refractivity contribution in [3.63, 3.8) is 0 Å². The molecule has 2 aromatic carbocycles. The lowest BCUT2D eigenvalue weighted by molar-refractivity contribution is -0.384. The van der Waals surface area contributed by atoms with Gasteiger partial charge in [0.15, 0.2) is 0 Å². The van der Waals surface area contributed by atoms with E-state index in [-0.39, 0.29) is 11.6 Å². The van der Waals surface area contributed by atoms with Crippen LogP contribution in [0.4, 0.5) is 11.4 Å². The van der Waals surface area contributed by atoms with Crippen LogP contribution in [0.2, 0.25) is 0 Å². The summed E-state index contributed by atoms with van der Waals surface area (Å²) >= 11 is 7.08. The highest BCUT2D eigenvalue weighted by Gasteiger charge is 2.04. The summed E-state index contributed by atoms with van der Waals surface area (Å²) in [5.74, 6) is 0.562. The fraction of sp³-hybridized carbons (Fsp3) is 0.0714. The number of amidine groups is 1. The molecule has 21 heavy (non-hydrogen) atoms. The molecule has 2 N–H and O–H groups in total. The molecule has 2 rings (SSSR count). The van der Waals surface area contributed by atoms with E-state index in [4.69, 9.17) is 17.3 Å². The second-order valence-electron chi connectivity index (χ2n) is 4.08. The van der Waals surface area contributed by atoms with Crippen LogP contribution in [0.25, 0.3) is 0 Å². The molecule has 0 spiro atoms. The number of nitro benzene ring substituents is 1. The van der Waals surface area contributed by atoms with E-state index in [1.807, 2.05) is 24.3 Å². The molecule has 7 heteroatoms. The van der Waals surface area contributed by atoms with Gasteiger partial charge < -0.3 is 5.73 Å². The summed E-state index contributed by atoms with van der Waals surface area (Å²) < 4.78 is 0. The first-order valence-corrected chi connectivity index (χ1v) is 7.35. The molecule has 2 aromatic rings. The Morgan fingerprint density at radius 2 is 1.67 bits per heavy atom. The summed E-state index contributed by atoms with van der Waals surface area (Å²) in [6.07, 6.45) is 0. The van der Waals surface area contributed by atoms with Crippen molar-refractivity contribution in [2.45, 2.75) is 9.79 Å². The SMILES string of the molecule is NC(CCl)=Nc1ccc(Sc2ccc([N+](=O)[O-])cc2)cc1. The van der Waals surface area contributed by atoms with Crippen LogP contribution in [0.5, 0.6) is 0 Å². The summed E-state index contributed by atoms with van der Waals surface area (Å²) in [6.45, 7) is 0. The first-order valence-electron chi connectivity index (χ1n) is 6.00. The van der Waals surface area contributed by atoms with Crippen LogP contribution in [0.15, 0.2) is 63.3 Å². The molecule has 0 aliphatic rings. The third-order valence-corrected chi connectivity index (χ3v) is 3.82. The summed E-state index contributed by atoms with van der Waals surface area (Å²) in [5.41, 5.74) is 6.38. The fourth-order valence-corrected chi connectivity index (χ4v) is 2.43. The normalized spacial score (nSPS) is 11.4. The Morgan fingerprint density at radius 1 is 1.14 bits per heavy atom. The minimum atomic E-state index is -0.414. The lowest BCUT2D eigenvalue weighted by Gasteiger charge is -2.02. The third-order valence-electron chi connectivity index (χ3n) is 2.53. The molecule has 0 heterocycles. The lowest BCUT2D eigenvalue weighted by Crippen LogP contribution is -2.12. The van der Waals surface area contributed by atoms with Gasteiger partial charge in [-0.2, -0.15) is 0 Å². The number of benzene rings is 2. The van der Waals surface area contributed by atoms with Crippen LogP contribution >= 0.6 is 23.4 Å². The number of hydrogen-bond donors (Lipinski definition) is 1. The monoisotopic (exact) mass is 321 g/mol. The van der Waals surface area contributed by atoms with Gasteiger partial charge in [0.05, 0.1) is 16.5 Å². The Morgan fingerprint density at radius 3 is 2.14 bits per heavy atom. The predicted molar refractivity (Wildman–Crippen MR) is 85.7 cm³/mol.